The molecule has 4 nitrogen and oxygen atoms in total. The zero-order chi connectivity index (χ0) is 14.7. The second kappa shape index (κ2) is 6.46. The molecule has 0 aliphatic heterocycles. The number of rotatable bonds is 6. The first-order chi connectivity index (χ1) is 9.63. The van der Waals surface area contributed by atoms with Crippen LogP contribution in [-0.2, 0) is 6.54 Å². The molecular formula is C15H23ClN4. The standard InChI is InChI=1S/C15H23ClN4/c1-4-19(5-2)11(3)12-7-6-8-13-14(12)20(10-9-16)15(17)18-13/h6-8,11H,4-5,9-10H2,1-3H3,(H2,17,18). The molecule has 1 aromatic carbocycles. The van der Waals surface area contributed by atoms with Crippen LogP contribution in [0.1, 0.15) is 32.4 Å². The number of hydrogen-bond acceptors (Lipinski definition) is 3. The van der Waals surface area contributed by atoms with E-state index in [0.29, 0.717) is 24.4 Å². The number of nitrogens with zero attached hydrogens (tertiary/aromatic N) is 3. The van der Waals surface area contributed by atoms with Crippen LogP contribution in [0, 0.1) is 0 Å². The minimum Gasteiger partial charge on any atom is -0.369 e. The van der Waals surface area contributed by atoms with Crippen molar-refractivity contribution in [2.45, 2.75) is 33.4 Å². The first-order valence-electron chi connectivity index (χ1n) is 7.18. The highest BCUT2D eigenvalue weighted by Gasteiger charge is 2.19. The molecule has 2 N–H and O–H groups in total. The van der Waals surface area contributed by atoms with Crippen molar-refractivity contribution in [3.8, 4) is 0 Å². The van der Waals surface area contributed by atoms with Crippen molar-refractivity contribution < 1.29 is 0 Å². The number of halogens is 1. The van der Waals surface area contributed by atoms with Crippen LogP contribution in [0.25, 0.3) is 11.0 Å². The summed E-state index contributed by atoms with van der Waals surface area (Å²) >= 11 is 5.90. The average molecular weight is 295 g/mol. The lowest BCUT2D eigenvalue weighted by Crippen LogP contribution is -2.26. The lowest BCUT2D eigenvalue weighted by molar-refractivity contribution is 0.235. The molecule has 0 saturated heterocycles. The third kappa shape index (κ3) is 2.63. The van der Waals surface area contributed by atoms with Crippen molar-refractivity contribution in [3.63, 3.8) is 0 Å². The number of nitrogens with two attached hydrogens (primary N) is 1. The molecule has 2 rings (SSSR count). The van der Waals surface area contributed by atoms with E-state index in [9.17, 15) is 0 Å². The number of aromatic nitrogens is 2. The average Bonchev–Trinajstić information content (AvgIpc) is 2.76. The van der Waals surface area contributed by atoms with Crippen molar-refractivity contribution in [3.05, 3.63) is 23.8 Å². The SMILES string of the molecule is CCN(CC)C(C)c1cccc2nc(N)n(CCCl)c12. The third-order valence-electron chi connectivity index (χ3n) is 3.95. The number of imidazole rings is 1. The maximum absolute atomic E-state index is 6.03. The van der Waals surface area contributed by atoms with Crippen molar-refractivity contribution in [2.24, 2.45) is 0 Å². The van der Waals surface area contributed by atoms with E-state index >= 15 is 0 Å². The quantitative estimate of drug-likeness (QED) is 0.832. The Morgan fingerprint density at radius 1 is 1.35 bits per heavy atom. The van der Waals surface area contributed by atoms with E-state index < -0.39 is 0 Å². The van der Waals surface area contributed by atoms with Gasteiger partial charge in [0.15, 0.2) is 0 Å². The van der Waals surface area contributed by atoms with Crippen LogP contribution >= 0.6 is 11.6 Å². The summed E-state index contributed by atoms with van der Waals surface area (Å²) in [6.07, 6.45) is 0. The van der Waals surface area contributed by atoms with Gasteiger partial charge in [-0.1, -0.05) is 26.0 Å². The molecule has 110 valence electrons. The van der Waals surface area contributed by atoms with Crippen LogP contribution < -0.4 is 5.73 Å². The lowest BCUT2D eigenvalue weighted by Gasteiger charge is -2.27. The van der Waals surface area contributed by atoms with Crippen LogP contribution in [0.15, 0.2) is 18.2 Å². The van der Waals surface area contributed by atoms with Crippen LogP contribution in [0.4, 0.5) is 5.95 Å². The maximum Gasteiger partial charge on any atom is 0.201 e. The van der Waals surface area contributed by atoms with Gasteiger partial charge in [-0.05, 0) is 31.6 Å². The molecule has 0 fully saturated rings. The largest absolute Gasteiger partial charge is 0.369 e. The van der Waals surface area contributed by atoms with Gasteiger partial charge in [-0.15, -0.1) is 11.6 Å². The van der Waals surface area contributed by atoms with Gasteiger partial charge in [0.2, 0.25) is 5.95 Å². The summed E-state index contributed by atoms with van der Waals surface area (Å²) < 4.78 is 2.03. The van der Waals surface area contributed by atoms with E-state index in [1.807, 2.05) is 10.6 Å². The molecule has 5 heteroatoms. The zero-order valence-electron chi connectivity index (χ0n) is 12.4. The second-order valence-electron chi connectivity index (χ2n) is 4.92. The molecular weight excluding hydrogens is 272 g/mol. The Labute approximate surface area is 125 Å². The highest BCUT2D eigenvalue weighted by molar-refractivity contribution is 6.17. The van der Waals surface area contributed by atoms with Gasteiger partial charge in [0.05, 0.1) is 11.0 Å². The van der Waals surface area contributed by atoms with Crippen LogP contribution in [0.2, 0.25) is 0 Å². The van der Waals surface area contributed by atoms with E-state index in [2.05, 4.69) is 42.8 Å². The summed E-state index contributed by atoms with van der Waals surface area (Å²) in [6.45, 7) is 9.33. The molecule has 0 aliphatic rings. The first kappa shape index (κ1) is 15.1. The van der Waals surface area contributed by atoms with Crippen molar-refractivity contribution in [1.82, 2.24) is 14.5 Å². The summed E-state index contributed by atoms with van der Waals surface area (Å²) in [4.78, 5) is 6.87. The molecule has 0 bridgehead atoms. The summed E-state index contributed by atoms with van der Waals surface area (Å²) in [5.74, 6) is 1.07. The number of para-hydroxylation sites is 1. The van der Waals surface area contributed by atoms with Crippen molar-refractivity contribution in [1.29, 1.82) is 0 Å². The van der Waals surface area contributed by atoms with E-state index in [1.165, 1.54) is 5.56 Å². The molecule has 1 atom stereocenters. The maximum atomic E-state index is 6.03. The second-order valence-corrected chi connectivity index (χ2v) is 5.30. The molecule has 0 aliphatic carbocycles. The number of hydrogen-bond donors (Lipinski definition) is 1. The Balaban J connectivity index is 2.57. The Bertz CT molecular complexity index is 575. The van der Waals surface area contributed by atoms with Crippen molar-refractivity contribution in [2.75, 3.05) is 24.7 Å². The number of benzene rings is 1. The lowest BCUT2D eigenvalue weighted by atomic mass is 10.0. The molecule has 0 amide bonds. The Morgan fingerprint density at radius 3 is 2.65 bits per heavy atom. The monoisotopic (exact) mass is 294 g/mol. The van der Waals surface area contributed by atoms with Gasteiger partial charge in [-0.3, -0.25) is 4.90 Å². The molecule has 0 spiro atoms. The Hall–Kier alpha value is -1.26. The van der Waals surface area contributed by atoms with Crippen molar-refractivity contribution >= 4 is 28.6 Å². The highest BCUT2D eigenvalue weighted by atomic mass is 35.5. The molecule has 0 saturated carbocycles. The summed E-state index contributed by atoms with van der Waals surface area (Å²) in [5.41, 5.74) is 9.36. The first-order valence-corrected chi connectivity index (χ1v) is 7.72. The molecule has 1 heterocycles. The van der Waals surface area contributed by atoms with E-state index in [1.54, 1.807) is 0 Å². The molecule has 1 aromatic heterocycles. The summed E-state index contributed by atoms with van der Waals surface area (Å²) in [6, 6.07) is 6.56. The fourth-order valence-corrected chi connectivity index (χ4v) is 3.02. The van der Waals surface area contributed by atoms with Gasteiger partial charge in [0.25, 0.3) is 0 Å². The molecule has 2 aromatic rings. The van der Waals surface area contributed by atoms with Crippen LogP contribution in [-0.4, -0.2) is 33.4 Å². The highest BCUT2D eigenvalue weighted by Crippen LogP contribution is 2.29. The molecule has 20 heavy (non-hydrogen) atoms. The van der Waals surface area contributed by atoms with Gasteiger partial charge in [0.1, 0.15) is 0 Å². The fourth-order valence-electron chi connectivity index (χ4n) is 2.85. The molecule has 1 unspecified atom stereocenters. The minimum atomic E-state index is 0.332. The predicted octanol–water partition coefficient (Wildman–Crippen LogP) is 3.26. The smallest absolute Gasteiger partial charge is 0.201 e. The number of fused-ring (bicyclic) bond motifs is 1. The predicted molar refractivity (Wildman–Crippen MR) is 86.2 cm³/mol. The third-order valence-corrected chi connectivity index (χ3v) is 4.11. The number of nitrogen functional groups attached to an aromatic ring is 1. The van der Waals surface area contributed by atoms with Gasteiger partial charge in [-0.25, -0.2) is 4.98 Å². The normalized spacial score (nSPS) is 13.2. The number of alkyl halides is 1. The van der Waals surface area contributed by atoms with E-state index in [-0.39, 0.29) is 0 Å². The van der Waals surface area contributed by atoms with E-state index in [4.69, 9.17) is 17.3 Å². The summed E-state index contributed by atoms with van der Waals surface area (Å²) in [5, 5.41) is 0. The van der Waals surface area contributed by atoms with Gasteiger partial charge >= 0.3 is 0 Å². The summed E-state index contributed by atoms with van der Waals surface area (Å²) in [7, 11) is 0. The minimum absolute atomic E-state index is 0.332. The number of aryl methyl sites for hydroxylation is 1. The van der Waals surface area contributed by atoms with E-state index in [0.717, 1.165) is 24.1 Å². The Morgan fingerprint density at radius 2 is 2.05 bits per heavy atom. The van der Waals surface area contributed by atoms with Gasteiger partial charge < -0.3 is 10.3 Å². The topological polar surface area (TPSA) is 47.1 Å². The van der Waals surface area contributed by atoms with Crippen LogP contribution in [0.3, 0.4) is 0 Å². The molecule has 0 radical (unpaired) electrons. The van der Waals surface area contributed by atoms with Crippen LogP contribution in [0.5, 0.6) is 0 Å². The zero-order valence-corrected chi connectivity index (χ0v) is 13.2. The van der Waals surface area contributed by atoms with Gasteiger partial charge in [-0.2, -0.15) is 0 Å². The van der Waals surface area contributed by atoms with Gasteiger partial charge in [0, 0.05) is 18.5 Å². The number of anilines is 1. The fraction of sp³-hybridized carbons (Fsp3) is 0.533. The Kier molecular flexibility index (Phi) is 4.89.